The Balaban J connectivity index is 0.000000765. The van der Waals surface area contributed by atoms with E-state index in [1.165, 1.54) is 32.1 Å². The number of allylic oxidation sites excluding steroid dienone is 10. The third-order valence-corrected chi connectivity index (χ3v) is 14.3. The van der Waals surface area contributed by atoms with E-state index >= 15 is 0 Å². The molecule has 6 heteroatoms. The molecule has 5 aliphatic carbocycles. The molecule has 0 bridgehead atoms. The van der Waals surface area contributed by atoms with Crippen LogP contribution in [0.4, 0.5) is 0 Å². The van der Waals surface area contributed by atoms with Crippen LogP contribution in [0, 0.1) is 37.0 Å². The molecule has 1 aliphatic heterocycles. The van der Waals surface area contributed by atoms with Gasteiger partial charge in [0.2, 0.25) is 0 Å². The summed E-state index contributed by atoms with van der Waals surface area (Å²) in [6.07, 6.45) is 33.6. The van der Waals surface area contributed by atoms with E-state index in [0.717, 1.165) is 5.92 Å². The van der Waals surface area contributed by atoms with Gasteiger partial charge in [-0.15, -0.1) is 0 Å². The topological polar surface area (TPSA) is 17.3 Å². The minimum absolute atomic E-state index is 0. The zero-order chi connectivity index (χ0) is 25.5. The first-order chi connectivity index (χ1) is 17.3. The summed E-state index contributed by atoms with van der Waals surface area (Å²) in [7, 11) is 7.89. The monoisotopic (exact) mass is 590 g/mol. The molecule has 202 valence electrons. The predicted molar refractivity (Wildman–Crippen MR) is 161 cm³/mol. The SMILES string of the molecule is CC1(C)[N-]C2C(C3CCCCC3)=CC=C[C@H]2N1[Si](C)(C)C1C2C=CC=CC2C2C=CC=CC21.[CH3-].[Cl][Ti][Cl]. The van der Waals surface area contributed by atoms with E-state index in [1.807, 2.05) is 0 Å². The molecule has 2 saturated carbocycles. The minimum atomic E-state index is -1.89. The van der Waals surface area contributed by atoms with E-state index in [-0.39, 0.29) is 13.1 Å². The molecule has 0 aromatic heterocycles. The Labute approximate surface area is 244 Å². The number of halogens is 2. The molecule has 6 aliphatic rings. The molecule has 0 spiro atoms. The summed E-state index contributed by atoms with van der Waals surface area (Å²) in [5.74, 6) is 3.34. The van der Waals surface area contributed by atoms with E-state index in [4.69, 9.17) is 23.9 Å². The fraction of sp³-hybridized carbons (Fsp3) is 0.581. The van der Waals surface area contributed by atoms with Crippen LogP contribution < -0.4 is 0 Å². The summed E-state index contributed by atoms with van der Waals surface area (Å²) < 4.78 is 2.96. The molecular weight excluding hydrogens is 547 g/mol. The van der Waals surface area contributed by atoms with Crippen LogP contribution in [0.3, 0.4) is 0 Å². The van der Waals surface area contributed by atoms with Gasteiger partial charge >= 0.3 is 35.6 Å². The van der Waals surface area contributed by atoms with Gasteiger partial charge in [-0.05, 0) is 48.0 Å². The molecule has 3 fully saturated rings. The molecule has 6 rings (SSSR count). The van der Waals surface area contributed by atoms with Crippen LogP contribution in [0.2, 0.25) is 18.6 Å². The third kappa shape index (κ3) is 5.45. The third-order valence-electron chi connectivity index (χ3n) is 9.84. The second-order valence-corrected chi connectivity index (χ2v) is 19.5. The molecule has 37 heavy (non-hydrogen) atoms. The second-order valence-electron chi connectivity index (χ2n) is 12.4. The zero-order valence-corrected chi connectivity index (χ0v) is 27.2. The Kier molecular flexibility index (Phi) is 9.82. The predicted octanol–water partition coefficient (Wildman–Crippen LogP) is 9.36. The summed E-state index contributed by atoms with van der Waals surface area (Å²) in [6.45, 7) is 10.1. The second kappa shape index (κ2) is 12.2. The number of nitrogens with zero attached hydrogens (tertiary/aromatic N) is 2. The van der Waals surface area contributed by atoms with Crippen molar-refractivity contribution < 1.29 is 17.0 Å². The van der Waals surface area contributed by atoms with Crippen molar-refractivity contribution in [3.8, 4) is 0 Å². The van der Waals surface area contributed by atoms with Crippen molar-refractivity contribution >= 4 is 26.8 Å². The Bertz CT molecular complexity index is 957. The number of fused-ring (bicyclic) bond motifs is 4. The van der Waals surface area contributed by atoms with Crippen LogP contribution in [-0.2, 0) is 17.0 Å². The van der Waals surface area contributed by atoms with Gasteiger partial charge < -0.3 is 17.3 Å². The molecule has 6 atom stereocenters. The maximum absolute atomic E-state index is 5.60. The van der Waals surface area contributed by atoms with Gasteiger partial charge in [0.05, 0.1) is 0 Å². The standard InChI is InChI=1S/C30H41N2Si.CH3.2ClH.Ti/c1-30(2)31-28-22(21-13-6-5-7-14-21)19-12-20-27(28)32(30)33(3,4)29-25-17-10-8-15-23(25)24-16-9-11-18-26(24)29;;;;/h8-12,15-21,23-29H,5-7,13-14H2,1-4H3;1H3;2*1H;/q2*-1;;;+2/p-2/t23?,24?,25?,26?,27-,28?,29?;;;;/m1..../s1. The van der Waals surface area contributed by atoms with Crippen LogP contribution >= 0.6 is 18.6 Å². The van der Waals surface area contributed by atoms with Gasteiger partial charge in [-0.3, -0.25) is 0 Å². The summed E-state index contributed by atoms with van der Waals surface area (Å²) >= 11 is -0.556. The summed E-state index contributed by atoms with van der Waals surface area (Å²) in [5, 5.41) is 5.60. The van der Waals surface area contributed by atoms with Crippen LogP contribution in [0.25, 0.3) is 5.32 Å². The van der Waals surface area contributed by atoms with Gasteiger partial charge in [0.15, 0.2) is 0 Å². The van der Waals surface area contributed by atoms with E-state index in [2.05, 4.69) is 98.3 Å². The first-order valence-corrected chi connectivity index (χ1v) is 21.2. The summed E-state index contributed by atoms with van der Waals surface area (Å²) in [6, 6.07) is 0.795. The molecule has 0 radical (unpaired) electrons. The van der Waals surface area contributed by atoms with Crippen molar-refractivity contribution in [2.45, 2.75) is 82.3 Å². The number of rotatable bonds is 3. The zero-order valence-electron chi connectivity index (χ0n) is 23.2. The molecule has 0 amide bonds. The average Bonchev–Trinajstić information content (AvgIpc) is 3.36. The Morgan fingerprint density at radius 2 is 1.35 bits per heavy atom. The average molecular weight is 592 g/mol. The maximum atomic E-state index is 5.60. The molecule has 2 nitrogen and oxygen atoms in total. The van der Waals surface area contributed by atoms with Crippen molar-refractivity contribution in [1.29, 1.82) is 0 Å². The van der Waals surface area contributed by atoms with Crippen LogP contribution in [0.5, 0.6) is 0 Å². The van der Waals surface area contributed by atoms with Crippen molar-refractivity contribution in [2.75, 3.05) is 0 Å². The van der Waals surface area contributed by atoms with Crippen molar-refractivity contribution in [3.05, 3.63) is 85.2 Å². The molecule has 1 heterocycles. The normalized spacial score (nSPS) is 37.6. The first-order valence-electron chi connectivity index (χ1n) is 13.9. The summed E-state index contributed by atoms with van der Waals surface area (Å²) in [5.41, 5.74) is 2.25. The molecule has 5 unspecified atom stereocenters. The van der Waals surface area contributed by atoms with Gasteiger partial charge in [0.25, 0.3) is 0 Å². The van der Waals surface area contributed by atoms with Gasteiger partial charge in [-0.2, -0.15) is 0 Å². The van der Waals surface area contributed by atoms with E-state index < -0.39 is 25.3 Å². The quantitative estimate of drug-likeness (QED) is 0.236. The number of hydrogen-bond donors (Lipinski definition) is 0. The Morgan fingerprint density at radius 3 is 1.89 bits per heavy atom. The van der Waals surface area contributed by atoms with Gasteiger partial charge in [0.1, 0.15) is 8.24 Å². The van der Waals surface area contributed by atoms with E-state index in [0.29, 0.717) is 41.3 Å². The van der Waals surface area contributed by atoms with Crippen molar-refractivity contribution in [3.63, 3.8) is 0 Å². The fourth-order valence-electron chi connectivity index (χ4n) is 8.86. The Morgan fingerprint density at radius 1 is 0.838 bits per heavy atom. The Hall–Kier alpha value is -0.129. The molecule has 0 aromatic rings. The summed E-state index contributed by atoms with van der Waals surface area (Å²) in [4.78, 5) is 0. The van der Waals surface area contributed by atoms with E-state index in [9.17, 15) is 0 Å². The molecule has 1 saturated heterocycles. The first kappa shape index (κ1) is 29.8. The van der Waals surface area contributed by atoms with Crippen LogP contribution in [0.15, 0.2) is 72.4 Å². The van der Waals surface area contributed by atoms with Crippen molar-refractivity contribution in [1.82, 2.24) is 4.57 Å². The van der Waals surface area contributed by atoms with Crippen molar-refractivity contribution in [2.24, 2.45) is 29.6 Å². The molecule has 0 aromatic carbocycles. The molecule has 0 N–H and O–H groups in total. The van der Waals surface area contributed by atoms with E-state index in [1.54, 1.807) is 5.57 Å². The van der Waals surface area contributed by atoms with Gasteiger partial charge in [-0.25, -0.2) is 0 Å². The number of hydrogen-bond acceptors (Lipinski definition) is 1. The van der Waals surface area contributed by atoms with Crippen LogP contribution in [0.1, 0.15) is 46.0 Å². The van der Waals surface area contributed by atoms with Crippen LogP contribution in [-0.4, -0.2) is 30.5 Å². The molecular formula is C31H44Cl2N2SiTi-2. The fourth-order valence-corrected chi connectivity index (χ4v) is 14.2. The van der Waals surface area contributed by atoms with Gasteiger partial charge in [0, 0.05) is 6.04 Å². The van der Waals surface area contributed by atoms with Gasteiger partial charge in [-0.1, -0.05) is 130 Å².